The highest BCUT2D eigenvalue weighted by Crippen LogP contribution is 2.34. The van der Waals surface area contributed by atoms with E-state index < -0.39 is 16.1 Å². The number of fused-ring (bicyclic) bond motifs is 3. The molecule has 0 saturated carbocycles. The first-order chi connectivity index (χ1) is 18.0. The summed E-state index contributed by atoms with van der Waals surface area (Å²) in [5, 5.41) is 13.1. The van der Waals surface area contributed by atoms with Crippen molar-refractivity contribution in [3.05, 3.63) is 71.8 Å². The van der Waals surface area contributed by atoms with Crippen molar-refractivity contribution in [2.45, 2.75) is 53.1 Å². The molecule has 0 unspecified atom stereocenters. The first-order valence-corrected chi connectivity index (χ1v) is 20.4. The van der Waals surface area contributed by atoms with E-state index in [2.05, 4.69) is 139 Å². The fraction of sp³-hybridized carbons (Fsp3) is 0.312. The lowest BCUT2D eigenvalue weighted by molar-refractivity contribution is 0.301. The fourth-order valence-corrected chi connectivity index (χ4v) is 5.15. The van der Waals surface area contributed by atoms with E-state index in [0.29, 0.717) is 0 Å². The third-order valence-electron chi connectivity index (χ3n) is 6.05. The Morgan fingerprint density at radius 1 is 0.684 bits per heavy atom. The second-order valence-electron chi connectivity index (χ2n) is 11.6. The van der Waals surface area contributed by atoms with Gasteiger partial charge in [-0.1, -0.05) is 56.3 Å². The average molecular weight is 535 g/mol. The smallest absolute Gasteiger partial charge is 0.129 e. The maximum absolute atomic E-state index is 4.42. The van der Waals surface area contributed by atoms with Gasteiger partial charge in [0.05, 0.1) is 16.7 Å². The van der Waals surface area contributed by atoms with Crippen LogP contribution >= 0.6 is 0 Å². The normalized spacial score (nSPS) is 11.9. The highest BCUT2D eigenvalue weighted by Gasteiger charge is 2.14. The van der Waals surface area contributed by atoms with Gasteiger partial charge in [0.1, 0.15) is 16.1 Å². The zero-order valence-electron chi connectivity index (χ0n) is 24.0. The molecular formula is C32H38N4Si2. The first-order valence-electron chi connectivity index (χ1n) is 13.4. The fourth-order valence-electron chi connectivity index (χ4n) is 4.11. The molecule has 0 aliphatic carbocycles. The van der Waals surface area contributed by atoms with Crippen molar-refractivity contribution in [1.29, 1.82) is 0 Å². The van der Waals surface area contributed by atoms with Gasteiger partial charge in [-0.15, -0.1) is 16.2 Å². The third kappa shape index (κ3) is 6.64. The van der Waals surface area contributed by atoms with Gasteiger partial charge < -0.3 is 4.57 Å². The number of aromatic nitrogens is 1. The summed E-state index contributed by atoms with van der Waals surface area (Å²) in [7, 11) is -2.94. The molecule has 0 aliphatic rings. The van der Waals surface area contributed by atoms with Crippen molar-refractivity contribution in [2.24, 2.45) is 10.3 Å². The lowest BCUT2D eigenvalue weighted by Crippen LogP contribution is -2.16. The Bertz CT molecular complexity index is 1520. The highest BCUT2D eigenvalue weighted by atomic mass is 28.3. The van der Waals surface area contributed by atoms with Crippen molar-refractivity contribution >= 4 is 43.6 Å². The van der Waals surface area contributed by atoms with Gasteiger partial charge in [0, 0.05) is 40.7 Å². The third-order valence-corrected chi connectivity index (χ3v) is 7.80. The Hall–Kier alpha value is -3.59. The molecule has 0 N–H and O–H groups in total. The van der Waals surface area contributed by atoms with Crippen LogP contribution in [0, 0.1) is 22.9 Å². The van der Waals surface area contributed by atoms with Crippen LogP contribution in [0.4, 0.5) is 5.69 Å². The van der Waals surface area contributed by atoms with E-state index in [0.717, 1.165) is 46.6 Å². The molecule has 0 amide bonds. The van der Waals surface area contributed by atoms with Gasteiger partial charge in [-0.3, -0.25) is 5.01 Å². The molecule has 194 valence electrons. The lowest BCUT2D eigenvalue weighted by atomic mass is 10.1. The molecule has 4 nitrogen and oxygen atoms in total. The number of hydrogen-bond donors (Lipinski definition) is 0. The molecule has 3 aromatic carbocycles. The highest BCUT2D eigenvalue weighted by molar-refractivity contribution is 6.84. The van der Waals surface area contributed by atoms with Crippen molar-refractivity contribution in [1.82, 2.24) is 9.58 Å². The molecule has 0 fully saturated rings. The van der Waals surface area contributed by atoms with Crippen LogP contribution in [0.2, 0.25) is 39.3 Å². The summed E-state index contributed by atoms with van der Waals surface area (Å²) in [4.78, 5) is 0. The minimum Gasteiger partial charge on any atom is -0.309 e. The zero-order valence-corrected chi connectivity index (χ0v) is 26.0. The Morgan fingerprint density at radius 2 is 1.16 bits per heavy atom. The number of benzene rings is 3. The quantitative estimate of drug-likeness (QED) is 0.109. The van der Waals surface area contributed by atoms with Crippen LogP contribution in [0.3, 0.4) is 0 Å². The van der Waals surface area contributed by atoms with E-state index >= 15 is 0 Å². The number of rotatable bonds is 5. The van der Waals surface area contributed by atoms with Gasteiger partial charge in [0.15, 0.2) is 0 Å². The van der Waals surface area contributed by atoms with E-state index in [9.17, 15) is 0 Å². The molecular weight excluding hydrogens is 497 g/mol. The summed E-state index contributed by atoms with van der Waals surface area (Å²) in [6.07, 6.45) is 0. The topological polar surface area (TPSA) is 32.9 Å². The van der Waals surface area contributed by atoms with Gasteiger partial charge in [-0.25, -0.2) is 0 Å². The molecule has 6 heteroatoms. The Labute approximate surface area is 229 Å². The van der Waals surface area contributed by atoms with Crippen LogP contribution in [-0.4, -0.2) is 38.8 Å². The predicted octanol–water partition coefficient (Wildman–Crippen LogP) is 8.58. The molecule has 0 aliphatic heterocycles. The molecule has 0 saturated heterocycles. The molecule has 4 aromatic rings. The van der Waals surface area contributed by atoms with E-state index in [1.807, 2.05) is 17.1 Å². The van der Waals surface area contributed by atoms with Crippen molar-refractivity contribution in [2.75, 3.05) is 13.1 Å². The summed E-state index contributed by atoms with van der Waals surface area (Å²) in [6.45, 7) is 19.5. The Balaban J connectivity index is 1.87. The standard InChI is InChI=1S/C32H38N4Si2/c1-9-35(10-2)34-33-27-13-15-28(16-14-27)36-31-17-11-25(19-21-37(3,4)5)23-29(31)30-24-26(12-18-32(30)36)20-22-38(6,7)8/h11-18,23-24H,9-10H2,1-8H3. The number of hydrogen-bond acceptors (Lipinski definition) is 2. The monoisotopic (exact) mass is 534 g/mol. The van der Waals surface area contributed by atoms with E-state index in [4.69, 9.17) is 0 Å². The zero-order chi connectivity index (χ0) is 27.5. The summed E-state index contributed by atoms with van der Waals surface area (Å²) >= 11 is 0. The molecule has 0 bridgehead atoms. The molecule has 0 atom stereocenters. The van der Waals surface area contributed by atoms with E-state index in [1.165, 1.54) is 10.8 Å². The predicted molar refractivity (Wildman–Crippen MR) is 169 cm³/mol. The summed E-state index contributed by atoms with van der Waals surface area (Å²) in [5.41, 5.74) is 13.4. The van der Waals surface area contributed by atoms with Gasteiger partial charge in [-0.05, 0) is 74.5 Å². The summed E-state index contributed by atoms with van der Waals surface area (Å²) in [5.74, 6) is 6.89. The maximum atomic E-state index is 4.42. The Morgan fingerprint density at radius 3 is 1.58 bits per heavy atom. The molecule has 0 radical (unpaired) electrons. The molecule has 38 heavy (non-hydrogen) atoms. The average Bonchev–Trinajstić information content (AvgIpc) is 3.19. The largest absolute Gasteiger partial charge is 0.309 e. The maximum Gasteiger partial charge on any atom is 0.129 e. The SMILES string of the molecule is CCN(CC)N=Nc1ccc(-n2c3ccc(C#C[Si](C)(C)C)cc3c3cc(C#C[Si](C)(C)C)ccc32)cc1. The Kier molecular flexibility index (Phi) is 7.97. The molecule has 4 rings (SSSR count). The van der Waals surface area contributed by atoms with E-state index in [-0.39, 0.29) is 0 Å². The van der Waals surface area contributed by atoms with Gasteiger partial charge in [-0.2, -0.15) is 0 Å². The molecule has 1 heterocycles. The van der Waals surface area contributed by atoms with Crippen LogP contribution in [0.5, 0.6) is 0 Å². The van der Waals surface area contributed by atoms with Crippen molar-refractivity contribution in [3.8, 4) is 28.6 Å². The second kappa shape index (κ2) is 11.0. The minimum atomic E-state index is -1.47. The minimum absolute atomic E-state index is 0.841. The van der Waals surface area contributed by atoms with Crippen LogP contribution in [0.1, 0.15) is 25.0 Å². The van der Waals surface area contributed by atoms with E-state index in [1.54, 1.807) is 0 Å². The molecule has 0 spiro atoms. The lowest BCUT2D eigenvalue weighted by Gasteiger charge is -2.11. The van der Waals surface area contributed by atoms with Crippen LogP contribution in [0.25, 0.3) is 27.5 Å². The van der Waals surface area contributed by atoms with Crippen LogP contribution in [0.15, 0.2) is 71.0 Å². The second-order valence-corrected chi connectivity index (χ2v) is 21.1. The summed E-state index contributed by atoms with van der Waals surface area (Å²) < 4.78 is 2.32. The van der Waals surface area contributed by atoms with Crippen LogP contribution in [-0.2, 0) is 0 Å². The van der Waals surface area contributed by atoms with Gasteiger partial charge >= 0.3 is 0 Å². The van der Waals surface area contributed by atoms with Crippen molar-refractivity contribution < 1.29 is 0 Å². The first kappa shape index (κ1) is 27.4. The van der Waals surface area contributed by atoms with Gasteiger partial charge in [0.2, 0.25) is 0 Å². The number of nitrogens with zero attached hydrogens (tertiary/aromatic N) is 4. The van der Waals surface area contributed by atoms with Gasteiger partial charge in [0.25, 0.3) is 0 Å². The van der Waals surface area contributed by atoms with Crippen molar-refractivity contribution in [3.63, 3.8) is 0 Å². The molecule has 1 aromatic heterocycles. The summed E-state index contributed by atoms with van der Waals surface area (Å²) in [6, 6.07) is 21.5. The van der Waals surface area contributed by atoms with Crippen LogP contribution < -0.4 is 0 Å².